The van der Waals surface area contributed by atoms with E-state index in [0.717, 1.165) is 5.52 Å². The highest BCUT2D eigenvalue weighted by molar-refractivity contribution is 5.85. The molecule has 2 aromatic rings. The normalized spacial score (nSPS) is 14.9. The van der Waals surface area contributed by atoms with E-state index in [-0.39, 0.29) is 5.97 Å². The molecule has 0 N–H and O–H groups in total. The van der Waals surface area contributed by atoms with Crippen LogP contribution in [0.5, 0.6) is 0 Å². The van der Waals surface area contributed by atoms with Gasteiger partial charge in [-0.05, 0) is 37.3 Å². The van der Waals surface area contributed by atoms with E-state index in [2.05, 4.69) is 13.0 Å². The number of fused-ring (bicyclic) bond motifs is 1. The Balaban J connectivity index is 1.75. The Morgan fingerprint density at radius 1 is 1.39 bits per heavy atom. The lowest BCUT2D eigenvalue weighted by Crippen LogP contribution is -2.14. The smallest absolute Gasteiger partial charge is 0.325 e. The second-order valence-corrected chi connectivity index (χ2v) is 5.08. The number of hydrogen-bond donors (Lipinski definition) is 0. The molecule has 18 heavy (non-hydrogen) atoms. The lowest BCUT2D eigenvalue weighted by molar-refractivity contribution is -0.144. The van der Waals surface area contributed by atoms with Gasteiger partial charge in [-0.1, -0.05) is 18.2 Å². The van der Waals surface area contributed by atoms with Gasteiger partial charge >= 0.3 is 5.97 Å². The third-order valence-corrected chi connectivity index (χ3v) is 3.46. The molecule has 1 fully saturated rings. The molecule has 1 aliphatic carbocycles. The van der Waals surface area contributed by atoms with Crippen molar-refractivity contribution in [3.63, 3.8) is 0 Å². The molecular formula is C15H17NO2. The summed E-state index contributed by atoms with van der Waals surface area (Å²) in [6.07, 6.45) is 4.43. The van der Waals surface area contributed by atoms with Gasteiger partial charge in [-0.25, -0.2) is 0 Å². The third-order valence-electron chi connectivity index (χ3n) is 3.46. The van der Waals surface area contributed by atoms with Crippen molar-refractivity contribution in [2.75, 3.05) is 6.61 Å². The number of hydrogen-bond acceptors (Lipinski definition) is 2. The number of esters is 1. The first kappa shape index (κ1) is 11.3. The van der Waals surface area contributed by atoms with Crippen molar-refractivity contribution < 1.29 is 9.53 Å². The van der Waals surface area contributed by atoms with Crippen LogP contribution >= 0.6 is 0 Å². The number of para-hydroxylation sites is 1. The topological polar surface area (TPSA) is 31.2 Å². The van der Waals surface area contributed by atoms with Gasteiger partial charge in [0.1, 0.15) is 6.54 Å². The Bertz CT molecular complexity index is 581. The molecule has 0 atom stereocenters. The number of carbonyl (C=O) groups excluding carboxylic acids is 1. The largest absolute Gasteiger partial charge is 0.464 e. The summed E-state index contributed by atoms with van der Waals surface area (Å²) in [6.45, 7) is 2.96. The summed E-state index contributed by atoms with van der Waals surface area (Å²) in [7, 11) is 0. The monoisotopic (exact) mass is 243 g/mol. The summed E-state index contributed by atoms with van der Waals surface area (Å²) in [5.74, 6) is 0.486. The number of benzene rings is 1. The fourth-order valence-electron chi connectivity index (χ4n) is 2.24. The van der Waals surface area contributed by atoms with E-state index in [4.69, 9.17) is 4.74 Å². The zero-order chi connectivity index (χ0) is 12.5. The van der Waals surface area contributed by atoms with Gasteiger partial charge in [0.25, 0.3) is 0 Å². The van der Waals surface area contributed by atoms with Gasteiger partial charge in [0.05, 0.1) is 6.61 Å². The van der Waals surface area contributed by atoms with Crippen LogP contribution in [0.15, 0.2) is 30.5 Å². The quantitative estimate of drug-likeness (QED) is 0.773. The highest BCUT2D eigenvalue weighted by Gasteiger charge is 2.23. The van der Waals surface area contributed by atoms with Crippen LogP contribution in [0, 0.1) is 12.8 Å². The lowest BCUT2D eigenvalue weighted by Gasteiger charge is -2.06. The molecule has 1 heterocycles. The number of aryl methyl sites for hydroxylation is 1. The molecular weight excluding hydrogens is 226 g/mol. The number of rotatable bonds is 4. The average molecular weight is 243 g/mol. The molecule has 1 saturated carbocycles. The number of ether oxygens (including phenoxy) is 1. The van der Waals surface area contributed by atoms with Gasteiger partial charge in [0.15, 0.2) is 0 Å². The molecule has 0 radical (unpaired) electrons. The molecule has 1 aromatic heterocycles. The molecule has 1 aliphatic rings. The van der Waals surface area contributed by atoms with Crippen molar-refractivity contribution in [3.05, 3.63) is 36.0 Å². The van der Waals surface area contributed by atoms with E-state index in [9.17, 15) is 4.79 Å². The Labute approximate surface area is 106 Å². The predicted octanol–water partition coefficient (Wildman–Crippen LogP) is 2.90. The molecule has 0 spiro atoms. The van der Waals surface area contributed by atoms with Gasteiger partial charge in [0.2, 0.25) is 0 Å². The first-order chi connectivity index (χ1) is 8.74. The molecule has 0 amide bonds. The Morgan fingerprint density at radius 3 is 2.94 bits per heavy atom. The summed E-state index contributed by atoms with van der Waals surface area (Å²) in [6, 6.07) is 8.13. The van der Waals surface area contributed by atoms with Crippen LogP contribution in [0.25, 0.3) is 10.9 Å². The molecule has 3 rings (SSSR count). The first-order valence-electron chi connectivity index (χ1n) is 6.44. The minimum Gasteiger partial charge on any atom is -0.464 e. The number of carbonyl (C=O) groups is 1. The summed E-state index contributed by atoms with van der Waals surface area (Å²) in [5, 5.41) is 1.20. The number of nitrogens with zero attached hydrogens (tertiary/aromatic N) is 1. The molecule has 3 heteroatoms. The summed E-state index contributed by atoms with van der Waals surface area (Å²) < 4.78 is 7.24. The van der Waals surface area contributed by atoms with Crippen LogP contribution in [0.4, 0.5) is 0 Å². The Morgan fingerprint density at radius 2 is 2.17 bits per heavy atom. The van der Waals surface area contributed by atoms with E-state index < -0.39 is 0 Å². The highest BCUT2D eigenvalue weighted by Crippen LogP contribution is 2.29. The SMILES string of the molecule is Cc1cn(CC(=O)OCC2CC2)c2ccccc12. The van der Waals surface area contributed by atoms with Crippen molar-refractivity contribution in [1.29, 1.82) is 0 Å². The predicted molar refractivity (Wildman–Crippen MR) is 70.4 cm³/mol. The summed E-state index contributed by atoms with van der Waals surface area (Å²) in [5.41, 5.74) is 2.29. The molecule has 0 aliphatic heterocycles. The van der Waals surface area contributed by atoms with E-state index in [1.807, 2.05) is 29.0 Å². The number of aromatic nitrogens is 1. The Hall–Kier alpha value is -1.77. The van der Waals surface area contributed by atoms with Crippen LogP contribution in [0.2, 0.25) is 0 Å². The minimum absolute atomic E-state index is 0.136. The van der Waals surface area contributed by atoms with Crippen molar-refractivity contribution in [2.45, 2.75) is 26.3 Å². The fraction of sp³-hybridized carbons (Fsp3) is 0.400. The second kappa shape index (κ2) is 4.48. The second-order valence-electron chi connectivity index (χ2n) is 5.08. The summed E-state index contributed by atoms with van der Waals surface area (Å²) in [4.78, 5) is 11.8. The standard InChI is InChI=1S/C15H17NO2/c1-11-8-16(14-5-3-2-4-13(11)14)9-15(17)18-10-12-6-7-12/h2-5,8,12H,6-7,9-10H2,1H3. The first-order valence-corrected chi connectivity index (χ1v) is 6.44. The average Bonchev–Trinajstić information content (AvgIpc) is 3.15. The maximum Gasteiger partial charge on any atom is 0.325 e. The van der Waals surface area contributed by atoms with E-state index in [1.54, 1.807) is 0 Å². The van der Waals surface area contributed by atoms with Crippen molar-refractivity contribution >= 4 is 16.9 Å². The van der Waals surface area contributed by atoms with Crippen molar-refractivity contribution in [1.82, 2.24) is 4.57 Å². The van der Waals surface area contributed by atoms with Crippen molar-refractivity contribution in [2.24, 2.45) is 5.92 Å². The van der Waals surface area contributed by atoms with Gasteiger partial charge in [-0.2, -0.15) is 0 Å². The minimum atomic E-state index is -0.136. The van der Waals surface area contributed by atoms with Crippen LogP contribution in [-0.2, 0) is 16.1 Å². The lowest BCUT2D eigenvalue weighted by atomic mass is 10.2. The summed E-state index contributed by atoms with van der Waals surface area (Å²) >= 11 is 0. The van der Waals surface area contributed by atoms with Crippen molar-refractivity contribution in [3.8, 4) is 0 Å². The van der Waals surface area contributed by atoms with Gasteiger partial charge in [-0.15, -0.1) is 0 Å². The maximum atomic E-state index is 11.8. The van der Waals surface area contributed by atoms with E-state index in [0.29, 0.717) is 19.1 Å². The zero-order valence-corrected chi connectivity index (χ0v) is 10.6. The zero-order valence-electron chi connectivity index (χ0n) is 10.6. The molecule has 3 nitrogen and oxygen atoms in total. The van der Waals surface area contributed by atoms with Gasteiger partial charge in [0, 0.05) is 17.1 Å². The van der Waals surface area contributed by atoms with Crippen LogP contribution in [-0.4, -0.2) is 17.1 Å². The molecule has 0 bridgehead atoms. The van der Waals surface area contributed by atoms with Crippen LogP contribution in [0.1, 0.15) is 18.4 Å². The van der Waals surface area contributed by atoms with Gasteiger partial charge in [-0.3, -0.25) is 4.79 Å². The van der Waals surface area contributed by atoms with Gasteiger partial charge < -0.3 is 9.30 Å². The fourth-order valence-corrected chi connectivity index (χ4v) is 2.24. The Kier molecular flexibility index (Phi) is 2.82. The molecule has 0 saturated heterocycles. The van der Waals surface area contributed by atoms with Crippen LogP contribution in [0.3, 0.4) is 0 Å². The third kappa shape index (κ3) is 2.26. The molecule has 94 valence electrons. The maximum absolute atomic E-state index is 11.8. The van der Waals surface area contributed by atoms with E-state index in [1.165, 1.54) is 23.8 Å². The van der Waals surface area contributed by atoms with E-state index >= 15 is 0 Å². The van der Waals surface area contributed by atoms with Crippen LogP contribution < -0.4 is 0 Å². The molecule has 0 unspecified atom stereocenters. The molecule has 1 aromatic carbocycles. The highest BCUT2D eigenvalue weighted by atomic mass is 16.5.